The molecule has 4 rings (SSSR count). The van der Waals surface area contributed by atoms with E-state index in [0.29, 0.717) is 48.8 Å². The fourth-order valence-corrected chi connectivity index (χ4v) is 6.25. The molecule has 0 unspecified atom stereocenters. The van der Waals surface area contributed by atoms with E-state index in [1.807, 2.05) is 6.92 Å². The number of carbonyl (C=O) groups is 2. The molecule has 1 aliphatic heterocycles. The molecule has 1 saturated heterocycles. The zero-order valence-electron chi connectivity index (χ0n) is 21.5. The molecule has 0 bridgehead atoms. The Bertz CT molecular complexity index is 1390. The van der Waals surface area contributed by atoms with E-state index < -0.39 is 10.0 Å². The number of rotatable bonds is 8. The van der Waals surface area contributed by atoms with Gasteiger partial charge in [-0.25, -0.2) is 8.42 Å². The van der Waals surface area contributed by atoms with Gasteiger partial charge < -0.3 is 9.64 Å². The minimum atomic E-state index is -3.89. The van der Waals surface area contributed by atoms with Crippen LogP contribution in [-0.4, -0.2) is 44.9 Å². The average molecular weight is 555 g/mol. The van der Waals surface area contributed by atoms with E-state index in [1.165, 1.54) is 4.31 Å². The zero-order valence-corrected chi connectivity index (χ0v) is 23.0. The largest absolute Gasteiger partial charge is 0.466 e. The van der Waals surface area contributed by atoms with Crippen molar-refractivity contribution in [3.63, 3.8) is 0 Å². The summed E-state index contributed by atoms with van der Waals surface area (Å²) in [6, 6.07) is 20.4. The summed E-state index contributed by atoms with van der Waals surface area (Å²) in [4.78, 5) is 27.0. The van der Waals surface area contributed by atoms with Crippen molar-refractivity contribution < 1.29 is 22.7 Å². The number of carbonyl (C=O) groups excluding carboxylic acids is 2. The molecular formula is C29H31ClN2O5S. The van der Waals surface area contributed by atoms with Crippen molar-refractivity contribution in [3.8, 4) is 0 Å². The van der Waals surface area contributed by atoms with Crippen molar-refractivity contribution in [3.05, 3.63) is 94.5 Å². The molecule has 3 aromatic rings. The highest BCUT2D eigenvalue weighted by Crippen LogP contribution is 2.31. The highest BCUT2D eigenvalue weighted by molar-refractivity contribution is 7.92. The number of ether oxygens (including phenoxy) is 1. The van der Waals surface area contributed by atoms with Crippen molar-refractivity contribution in [2.75, 3.05) is 24.0 Å². The Morgan fingerprint density at radius 3 is 2.29 bits per heavy atom. The van der Waals surface area contributed by atoms with E-state index in [-0.39, 0.29) is 29.2 Å². The molecule has 0 aromatic heterocycles. The van der Waals surface area contributed by atoms with Gasteiger partial charge in [0.25, 0.3) is 15.9 Å². The summed E-state index contributed by atoms with van der Waals surface area (Å²) >= 11 is 6.24. The summed E-state index contributed by atoms with van der Waals surface area (Å²) in [5, 5.41) is 0.437. The summed E-state index contributed by atoms with van der Waals surface area (Å²) in [5.74, 6) is -0.485. The monoisotopic (exact) mass is 554 g/mol. The van der Waals surface area contributed by atoms with Crippen LogP contribution in [0.5, 0.6) is 0 Å². The van der Waals surface area contributed by atoms with Gasteiger partial charge in [-0.1, -0.05) is 48.0 Å². The lowest BCUT2D eigenvalue weighted by atomic mass is 9.96. The second-order valence-corrected chi connectivity index (χ2v) is 11.6. The molecule has 0 saturated carbocycles. The number of esters is 1. The fraction of sp³-hybridized carbons (Fsp3) is 0.310. The smallest absolute Gasteiger partial charge is 0.309 e. The lowest BCUT2D eigenvalue weighted by Gasteiger charge is -2.31. The quantitative estimate of drug-likeness (QED) is 0.345. The molecule has 0 aliphatic carbocycles. The van der Waals surface area contributed by atoms with E-state index in [4.69, 9.17) is 16.3 Å². The number of piperidine rings is 1. The molecule has 0 N–H and O–H groups in total. The third-order valence-electron chi connectivity index (χ3n) is 6.70. The van der Waals surface area contributed by atoms with Crippen molar-refractivity contribution in [1.82, 2.24) is 4.90 Å². The summed E-state index contributed by atoms with van der Waals surface area (Å²) in [7, 11) is -3.89. The van der Waals surface area contributed by atoms with Gasteiger partial charge in [0.1, 0.15) is 0 Å². The summed E-state index contributed by atoms with van der Waals surface area (Å²) in [5.41, 5.74) is 2.50. The first-order valence-corrected chi connectivity index (χ1v) is 14.4. The Morgan fingerprint density at radius 2 is 1.66 bits per heavy atom. The number of amides is 1. The van der Waals surface area contributed by atoms with E-state index in [2.05, 4.69) is 0 Å². The number of anilines is 1. The van der Waals surface area contributed by atoms with Crippen LogP contribution in [0.15, 0.2) is 77.7 Å². The fourth-order valence-electron chi connectivity index (χ4n) is 4.55. The third-order valence-corrected chi connectivity index (χ3v) is 8.71. The van der Waals surface area contributed by atoms with Gasteiger partial charge in [0.05, 0.1) is 29.7 Å². The van der Waals surface area contributed by atoms with E-state index >= 15 is 0 Å². The van der Waals surface area contributed by atoms with Crippen LogP contribution in [0.1, 0.15) is 41.3 Å². The topological polar surface area (TPSA) is 84.0 Å². The van der Waals surface area contributed by atoms with Gasteiger partial charge in [-0.15, -0.1) is 0 Å². The third kappa shape index (κ3) is 6.19. The first kappa shape index (κ1) is 27.7. The van der Waals surface area contributed by atoms with Gasteiger partial charge in [-0.3, -0.25) is 13.9 Å². The Morgan fingerprint density at radius 1 is 1.00 bits per heavy atom. The van der Waals surface area contributed by atoms with Gasteiger partial charge >= 0.3 is 5.97 Å². The Kier molecular flexibility index (Phi) is 8.74. The number of aryl methyl sites for hydroxylation is 1. The van der Waals surface area contributed by atoms with Crippen molar-refractivity contribution >= 4 is 39.2 Å². The number of benzene rings is 3. The molecule has 1 heterocycles. The molecule has 0 radical (unpaired) electrons. The lowest BCUT2D eigenvalue weighted by molar-refractivity contribution is -0.149. The molecule has 7 nitrogen and oxygen atoms in total. The van der Waals surface area contributed by atoms with Crippen LogP contribution in [0.2, 0.25) is 5.02 Å². The maximum Gasteiger partial charge on any atom is 0.309 e. The van der Waals surface area contributed by atoms with Crippen LogP contribution in [0.4, 0.5) is 5.69 Å². The molecule has 0 atom stereocenters. The van der Waals surface area contributed by atoms with Gasteiger partial charge in [0, 0.05) is 23.7 Å². The lowest BCUT2D eigenvalue weighted by Crippen LogP contribution is -2.40. The standard InChI is InChI=1S/C29H31ClN2O5S/c1-3-37-29(34)24-15-17-31(18-16-24)28(33)23-12-10-22(11-13-23)20-32(27-19-25(30)14-9-21(27)2)38(35,36)26-7-5-4-6-8-26/h4-14,19,24H,3,15-18,20H2,1-2H3. The molecule has 38 heavy (non-hydrogen) atoms. The highest BCUT2D eigenvalue weighted by atomic mass is 35.5. The van der Waals surface area contributed by atoms with Crippen LogP contribution in [0.3, 0.4) is 0 Å². The number of hydrogen-bond acceptors (Lipinski definition) is 5. The van der Waals surface area contributed by atoms with Crippen LogP contribution in [-0.2, 0) is 26.1 Å². The minimum absolute atomic E-state index is 0.0673. The molecule has 0 spiro atoms. The van der Waals surface area contributed by atoms with Crippen molar-refractivity contribution in [2.45, 2.75) is 38.1 Å². The van der Waals surface area contributed by atoms with E-state index in [9.17, 15) is 18.0 Å². The second kappa shape index (κ2) is 12.0. The maximum absolute atomic E-state index is 13.7. The van der Waals surface area contributed by atoms with E-state index in [1.54, 1.807) is 84.6 Å². The molecule has 1 fully saturated rings. The Labute approximate surface area is 229 Å². The Hall–Kier alpha value is -3.36. The molecule has 3 aromatic carbocycles. The van der Waals surface area contributed by atoms with Gasteiger partial charge in [0.2, 0.25) is 0 Å². The maximum atomic E-state index is 13.7. The summed E-state index contributed by atoms with van der Waals surface area (Å²) < 4.78 is 33.8. The van der Waals surface area contributed by atoms with Crippen LogP contribution < -0.4 is 4.31 Å². The predicted octanol–water partition coefficient (Wildman–Crippen LogP) is 5.46. The highest BCUT2D eigenvalue weighted by Gasteiger charge is 2.29. The summed E-state index contributed by atoms with van der Waals surface area (Å²) in [6.45, 7) is 5.02. The number of sulfonamides is 1. The van der Waals surface area contributed by atoms with Crippen molar-refractivity contribution in [1.29, 1.82) is 0 Å². The second-order valence-electron chi connectivity index (χ2n) is 9.27. The first-order chi connectivity index (χ1) is 18.2. The Balaban J connectivity index is 1.54. The van der Waals surface area contributed by atoms with Crippen LogP contribution in [0, 0.1) is 12.8 Å². The molecule has 1 aliphatic rings. The molecule has 1 amide bonds. The first-order valence-electron chi connectivity index (χ1n) is 12.6. The minimum Gasteiger partial charge on any atom is -0.466 e. The predicted molar refractivity (Wildman–Crippen MR) is 148 cm³/mol. The average Bonchev–Trinajstić information content (AvgIpc) is 2.94. The van der Waals surface area contributed by atoms with Gasteiger partial charge in [0.15, 0.2) is 0 Å². The summed E-state index contributed by atoms with van der Waals surface area (Å²) in [6.07, 6.45) is 1.15. The van der Waals surface area contributed by atoms with Gasteiger partial charge in [-0.05, 0) is 74.2 Å². The van der Waals surface area contributed by atoms with E-state index in [0.717, 1.165) is 11.1 Å². The SMILES string of the molecule is CCOC(=O)C1CCN(C(=O)c2ccc(CN(c3cc(Cl)ccc3C)S(=O)(=O)c3ccccc3)cc2)CC1. The van der Waals surface area contributed by atoms with Crippen LogP contribution >= 0.6 is 11.6 Å². The molecule has 9 heteroatoms. The number of likely N-dealkylation sites (tertiary alicyclic amines) is 1. The molecule has 200 valence electrons. The normalized spacial score (nSPS) is 14.2. The molecular weight excluding hydrogens is 524 g/mol. The zero-order chi connectivity index (χ0) is 27.3. The van der Waals surface area contributed by atoms with Crippen molar-refractivity contribution in [2.24, 2.45) is 5.92 Å². The van der Waals surface area contributed by atoms with Crippen LogP contribution in [0.25, 0.3) is 0 Å². The number of nitrogens with zero attached hydrogens (tertiary/aromatic N) is 2. The number of halogens is 1. The number of hydrogen-bond donors (Lipinski definition) is 0. The van der Waals surface area contributed by atoms with Gasteiger partial charge in [-0.2, -0.15) is 0 Å².